The molecule has 5 nitrogen and oxygen atoms in total. The van der Waals surface area contributed by atoms with Crippen LogP contribution in [0.1, 0.15) is 44.0 Å². The quantitative estimate of drug-likeness (QED) is 0.798. The first kappa shape index (κ1) is 19.7. The first-order valence-corrected chi connectivity index (χ1v) is 8.59. The summed E-state index contributed by atoms with van der Waals surface area (Å²) >= 11 is 5.86. The molecule has 1 saturated carbocycles. The fourth-order valence-electron chi connectivity index (χ4n) is 2.93. The molecule has 1 aliphatic rings. The Hall–Kier alpha value is -1.66. The van der Waals surface area contributed by atoms with E-state index in [0.29, 0.717) is 6.42 Å². The number of esters is 1. The average Bonchev–Trinajstić information content (AvgIpc) is 2.84. The van der Waals surface area contributed by atoms with Crippen molar-refractivity contribution in [2.75, 3.05) is 6.54 Å². The molecule has 0 heterocycles. The van der Waals surface area contributed by atoms with Crippen molar-refractivity contribution in [1.29, 1.82) is 0 Å². The third-order valence-corrected chi connectivity index (χ3v) is 4.43. The van der Waals surface area contributed by atoms with Crippen LogP contribution >= 0.6 is 11.6 Å². The molecular weight excluding hydrogens is 349 g/mol. The molecule has 2 rings (SSSR count). The van der Waals surface area contributed by atoms with E-state index in [2.05, 4.69) is 5.32 Å². The van der Waals surface area contributed by atoms with Crippen molar-refractivity contribution in [3.63, 3.8) is 0 Å². The minimum Gasteiger partial charge on any atom is -0.460 e. The summed E-state index contributed by atoms with van der Waals surface area (Å²) < 4.78 is 19.1. The van der Waals surface area contributed by atoms with Crippen LogP contribution < -0.4 is 5.32 Å². The van der Waals surface area contributed by atoms with Crippen molar-refractivity contribution in [3.05, 3.63) is 34.6 Å². The number of rotatable bonds is 4. The van der Waals surface area contributed by atoms with Crippen LogP contribution in [0.15, 0.2) is 18.2 Å². The topological polar surface area (TPSA) is 75.6 Å². The zero-order chi connectivity index (χ0) is 18.8. The van der Waals surface area contributed by atoms with Crippen molar-refractivity contribution in [1.82, 2.24) is 5.32 Å². The van der Waals surface area contributed by atoms with Gasteiger partial charge in [-0.15, -0.1) is 0 Å². The van der Waals surface area contributed by atoms with E-state index in [0.717, 1.165) is 6.07 Å². The summed E-state index contributed by atoms with van der Waals surface area (Å²) in [6, 6.07) is 4.01. The van der Waals surface area contributed by atoms with Crippen LogP contribution in [0.25, 0.3) is 0 Å². The number of ether oxygens (including phenoxy) is 1. The molecule has 0 aliphatic heterocycles. The van der Waals surface area contributed by atoms with Crippen molar-refractivity contribution in [2.24, 2.45) is 11.8 Å². The molecule has 25 heavy (non-hydrogen) atoms. The second-order valence-electron chi connectivity index (χ2n) is 7.34. The van der Waals surface area contributed by atoms with Gasteiger partial charge in [-0.1, -0.05) is 17.7 Å². The number of carbonyl (C=O) groups excluding carboxylic acids is 2. The van der Waals surface area contributed by atoms with Crippen LogP contribution in [0.4, 0.5) is 4.39 Å². The number of nitrogens with one attached hydrogen (secondary N) is 1. The van der Waals surface area contributed by atoms with E-state index in [1.165, 1.54) is 12.1 Å². The van der Waals surface area contributed by atoms with Gasteiger partial charge in [0.2, 0.25) is 0 Å². The van der Waals surface area contributed by atoms with Crippen LogP contribution in [0.3, 0.4) is 0 Å². The van der Waals surface area contributed by atoms with Gasteiger partial charge in [0.05, 0.1) is 22.6 Å². The summed E-state index contributed by atoms with van der Waals surface area (Å²) in [7, 11) is 0. The monoisotopic (exact) mass is 371 g/mol. The Bertz CT molecular complexity index is 639. The maximum absolute atomic E-state index is 13.7. The smallest absolute Gasteiger partial charge is 0.309 e. The van der Waals surface area contributed by atoms with Gasteiger partial charge in [0.1, 0.15) is 11.4 Å². The lowest BCUT2D eigenvalue weighted by Gasteiger charge is -2.22. The summed E-state index contributed by atoms with van der Waals surface area (Å²) in [6.07, 6.45) is -0.0361. The Morgan fingerprint density at radius 3 is 2.64 bits per heavy atom. The Labute approximate surface area is 151 Å². The molecule has 138 valence electrons. The number of hydrogen-bond acceptors (Lipinski definition) is 4. The summed E-state index contributed by atoms with van der Waals surface area (Å²) in [5.41, 5.74) is -0.809. The second-order valence-corrected chi connectivity index (χ2v) is 7.74. The predicted molar refractivity (Wildman–Crippen MR) is 91.8 cm³/mol. The molecule has 0 bridgehead atoms. The first-order valence-electron chi connectivity index (χ1n) is 8.21. The maximum atomic E-state index is 13.7. The molecular formula is C18H23ClFNO4. The molecule has 0 aromatic heterocycles. The normalized spacial score (nSPS) is 23.4. The second kappa shape index (κ2) is 7.70. The molecule has 7 heteroatoms. The zero-order valence-corrected chi connectivity index (χ0v) is 15.3. The van der Waals surface area contributed by atoms with E-state index < -0.39 is 29.3 Å². The Morgan fingerprint density at radius 1 is 1.36 bits per heavy atom. The first-order chi connectivity index (χ1) is 11.6. The minimum atomic E-state index is -0.728. The highest BCUT2D eigenvalue weighted by Crippen LogP contribution is 2.33. The predicted octanol–water partition coefficient (Wildman–Crippen LogP) is 2.94. The Kier molecular flexibility index (Phi) is 6.06. The van der Waals surface area contributed by atoms with E-state index >= 15 is 0 Å². The largest absolute Gasteiger partial charge is 0.460 e. The van der Waals surface area contributed by atoms with Gasteiger partial charge in [-0.05, 0) is 45.7 Å². The van der Waals surface area contributed by atoms with E-state index in [4.69, 9.17) is 16.3 Å². The summed E-state index contributed by atoms with van der Waals surface area (Å²) in [5, 5.41) is 12.7. The molecule has 1 fully saturated rings. The van der Waals surface area contributed by atoms with Gasteiger partial charge >= 0.3 is 5.97 Å². The van der Waals surface area contributed by atoms with Gasteiger partial charge in [-0.25, -0.2) is 4.39 Å². The molecule has 1 aromatic rings. The number of benzene rings is 1. The van der Waals surface area contributed by atoms with Crippen LogP contribution in [0, 0.1) is 17.7 Å². The summed E-state index contributed by atoms with van der Waals surface area (Å²) in [4.78, 5) is 24.3. The standard InChI is InChI=1S/C18H23ClFNO4/c1-18(2,3)25-17(24)10-7-11(14(22)8-10)9-21-16(23)15-12(19)5-4-6-13(15)20/h4-6,10-11,14,22H,7-9H2,1-3H3,(H,21,23)/t10-,11+,14+/m0/s1. The zero-order valence-electron chi connectivity index (χ0n) is 14.5. The molecule has 1 aromatic carbocycles. The van der Waals surface area contributed by atoms with E-state index in [1.54, 1.807) is 20.8 Å². The third-order valence-electron chi connectivity index (χ3n) is 4.11. The van der Waals surface area contributed by atoms with Crippen molar-refractivity contribution < 1.29 is 23.8 Å². The van der Waals surface area contributed by atoms with Crippen LogP contribution in [0.2, 0.25) is 5.02 Å². The minimum absolute atomic E-state index is 0.0242. The Morgan fingerprint density at radius 2 is 2.04 bits per heavy atom. The van der Waals surface area contributed by atoms with E-state index in [1.807, 2.05) is 0 Å². The number of hydrogen-bond donors (Lipinski definition) is 2. The van der Waals surface area contributed by atoms with Gasteiger partial charge in [0.25, 0.3) is 5.91 Å². The molecule has 1 aliphatic carbocycles. The van der Waals surface area contributed by atoms with Gasteiger partial charge in [0, 0.05) is 12.5 Å². The van der Waals surface area contributed by atoms with Gasteiger partial charge in [-0.3, -0.25) is 9.59 Å². The van der Waals surface area contributed by atoms with Crippen LogP contribution in [-0.4, -0.2) is 35.2 Å². The maximum Gasteiger partial charge on any atom is 0.309 e. The molecule has 3 atom stereocenters. The highest BCUT2D eigenvalue weighted by Gasteiger charge is 2.39. The number of halogens is 2. The van der Waals surface area contributed by atoms with Crippen LogP contribution in [0.5, 0.6) is 0 Å². The summed E-state index contributed by atoms with van der Waals surface area (Å²) in [5.74, 6) is -2.41. The van der Waals surface area contributed by atoms with Gasteiger partial charge < -0.3 is 15.2 Å². The molecule has 0 spiro atoms. The van der Waals surface area contributed by atoms with Crippen molar-refractivity contribution in [2.45, 2.75) is 45.3 Å². The number of aliphatic hydroxyl groups excluding tert-OH is 1. The fourth-order valence-corrected chi connectivity index (χ4v) is 3.18. The molecule has 2 N–H and O–H groups in total. The molecule has 0 saturated heterocycles. The third kappa shape index (κ3) is 5.16. The van der Waals surface area contributed by atoms with E-state index in [9.17, 15) is 19.1 Å². The highest BCUT2D eigenvalue weighted by molar-refractivity contribution is 6.33. The Balaban J connectivity index is 1.93. The molecule has 0 radical (unpaired) electrons. The number of aliphatic hydroxyl groups is 1. The average molecular weight is 372 g/mol. The lowest BCUT2D eigenvalue weighted by atomic mass is 10.0. The lowest BCUT2D eigenvalue weighted by Crippen LogP contribution is -2.33. The fraction of sp³-hybridized carbons (Fsp3) is 0.556. The number of carbonyl (C=O) groups is 2. The van der Waals surface area contributed by atoms with Gasteiger partial charge in [-0.2, -0.15) is 0 Å². The number of amides is 1. The van der Waals surface area contributed by atoms with Crippen LogP contribution in [-0.2, 0) is 9.53 Å². The molecule has 1 amide bonds. The van der Waals surface area contributed by atoms with E-state index in [-0.39, 0.29) is 35.4 Å². The highest BCUT2D eigenvalue weighted by atomic mass is 35.5. The van der Waals surface area contributed by atoms with Crippen molar-refractivity contribution >= 4 is 23.5 Å². The van der Waals surface area contributed by atoms with Gasteiger partial charge in [0.15, 0.2) is 0 Å². The summed E-state index contributed by atoms with van der Waals surface area (Å²) in [6.45, 7) is 5.48. The lowest BCUT2D eigenvalue weighted by molar-refractivity contribution is -0.160. The van der Waals surface area contributed by atoms with Crippen molar-refractivity contribution in [3.8, 4) is 0 Å². The SMILES string of the molecule is CC(C)(C)OC(=O)[C@H]1C[C@H](CNC(=O)c2c(F)cccc2Cl)[C@H](O)C1. The molecule has 0 unspecified atom stereocenters.